The minimum Gasteiger partial charge on any atom is -0.346 e. The van der Waals surface area contributed by atoms with Crippen molar-refractivity contribution in [2.45, 2.75) is 37.8 Å². The van der Waals surface area contributed by atoms with Crippen LogP contribution in [0, 0.1) is 0 Å². The highest BCUT2D eigenvalue weighted by Gasteiger charge is 2.41. The number of carbonyl (C=O) groups excluding carboxylic acids is 3. The van der Waals surface area contributed by atoms with Crippen LogP contribution >= 0.6 is 11.8 Å². The zero-order chi connectivity index (χ0) is 15.5. The van der Waals surface area contributed by atoms with Gasteiger partial charge >= 0.3 is 0 Å². The molecule has 2 unspecified atom stereocenters. The van der Waals surface area contributed by atoms with Crippen LogP contribution in [-0.4, -0.2) is 49.8 Å². The fourth-order valence-corrected chi connectivity index (χ4v) is 3.69. The number of imide groups is 1. The summed E-state index contributed by atoms with van der Waals surface area (Å²) >= 11 is 1.03. The number of thioether (sulfide) groups is 1. The highest BCUT2D eigenvalue weighted by atomic mass is 32.2. The Morgan fingerprint density at radius 1 is 1.27 bits per heavy atom. The summed E-state index contributed by atoms with van der Waals surface area (Å²) in [6.07, 6.45) is 7.74. The fraction of sp³-hybridized carbons (Fsp3) is 0.500. The molecular weight excluding hydrogens is 304 g/mol. The summed E-state index contributed by atoms with van der Waals surface area (Å²) in [6, 6.07) is -0.487. The molecule has 2 aliphatic rings. The lowest BCUT2D eigenvalue weighted by atomic mass is 9.89. The average molecular weight is 320 g/mol. The Hall–Kier alpha value is -1.96. The molecule has 1 N–H and O–H groups in total. The molecule has 0 aromatic carbocycles. The molecule has 1 aliphatic carbocycles. The van der Waals surface area contributed by atoms with Crippen molar-refractivity contribution in [2.24, 2.45) is 0 Å². The maximum absolute atomic E-state index is 12.2. The molecule has 0 spiro atoms. The molecule has 1 saturated heterocycles. The molecule has 3 amide bonds. The monoisotopic (exact) mass is 320 g/mol. The molecule has 1 saturated carbocycles. The number of aromatic nitrogens is 2. The number of carbonyl (C=O) groups is 3. The van der Waals surface area contributed by atoms with Gasteiger partial charge in [-0.15, -0.1) is 0 Å². The molecule has 116 valence electrons. The molecule has 0 bridgehead atoms. The van der Waals surface area contributed by atoms with Crippen LogP contribution in [0.15, 0.2) is 18.6 Å². The van der Waals surface area contributed by atoms with Gasteiger partial charge in [0.1, 0.15) is 5.69 Å². The van der Waals surface area contributed by atoms with Crippen molar-refractivity contribution in [2.75, 3.05) is 5.75 Å². The van der Waals surface area contributed by atoms with Crippen molar-refractivity contribution in [1.82, 2.24) is 20.2 Å². The Balaban J connectivity index is 1.74. The van der Waals surface area contributed by atoms with Crippen LogP contribution in [0.3, 0.4) is 0 Å². The summed E-state index contributed by atoms with van der Waals surface area (Å²) in [6.45, 7) is 0. The topological polar surface area (TPSA) is 92.3 Å². The summed E-state index contributed by atoms with van der Waals surface area (Å²) in [7, 11) is 0. The third-order valence-electron chi connectivity index (χ3n) is 3.96. The predicted molar refractivity (Wildman–Crippen MR) is 80.2 cm³/mol. The Kier molecular flexibility index (Phi) is 4.37. The molecule has 8 heteroatoms. The van der Waals surface area contributed by atoms with Crippen molar-refractivity contribution in [3.05, 3.63) is 24.3 Å². The summed E-state index contributed by atoms with van der Waals surface area (Å²) in [5, 5.41) is 2.69. The number of hydrogen-bond donors (Lipinski definition) is 1. The molecule has 2 atom stereocenters. The van der Waals surface area contributed by atoms with Crippen LogP contribution < -0.4 is 5.32 Å². The van der Waals surface area contributed by atoms with E-state index in [4.69, 9.17) is 0 Å². The summed E-state index contributed by atoms with van der Waals surface area (Å²) in [5.41, 5.74) is 0.236. The van der Waals surface area contributed by atoms with Crippen LogP contribution in [0.4, 0.5) is 4.79 Å². The van der Waals surface area contributed by atoms with Gasteiger partial charge in [-0.1, -0.05) is 24.6 Å². The summed E-state index contributed by atoms with van der Waals surface area (Å²) in [5.74, 6) is -0.294. The minimum atomic E-state index is -0.322. The summed E-state index contributed by atoms with van der Waals surface area (Å²) in [4.78, 5) is 45.3. The normalized spacial score (nSPS) is 25.4. The highest BCUT2D eigenvalue weighted by molar-refractivity contribution is 8.14. The van der Waals surface area contributed by atoms with Gasteiger partial charge in [0.05, 0.1) is 24.0 Å². The lowest BCUT2D eigenvalue weighted by Gasteiger charge is -2.36. The quantitative estimate of drug-likeness (QED) is 0.900. The molecule has 2 heterocycles. The third kappa shape index (κ3) is 2.96. The van der Waals surface area contributed by atoms with E-state index in [0.29, 0.717) is 0 Å². The number of nitrogens with one attached hydrogen (secondary N) is 1. The maximum Gasteiger partial charge on any atom is 0.289 e. The van der Waals surface area contributed by atoms with Gasteiger partial charge in [-0.25, -0.2) is 4.98 Å². The fourth-order valence-electron chi connectivity index (χ4n) is 2.93. The van der Waals surface area contributed by atoms with E-state index in [1.807, 2.05) is 0 Å². The number of amides is 3. The van der Waals surface area contributed by atoms with Crippen LogP contribution in [0.1, 0.15) is 36.2 Å². The molecule has 0 radical (unpaired) electrons. The second-order valence-electron chi connectivity index (χ2n) is 5.34. The first-order chi connectivity index (χ1) is 10.7. The molecule has 3 rings (SSSR count). The van der Waals surface area contributed by atoms with E-state index >= 15 is 0 Å². The van der Waals surface area contributed by atoms with Gasteiger partial charge in [0.25, 0.3) is 11.1 Å². The Morgan fingerprint density at radius 3 is 2.77 bits per heavy atom. The zero-order valence-corrected chi connectivity index (χ0v) is 12.7. The third-order valence-corrected chi connectivity index (χ3v) is 4.79. The van der Waals surface area contributed by atoms with Crippen molar-refractivity contribution in [3.8, 4) is 0 Å². The predicted octanol–water partition coefficient (Wildman–Crippen LogP) is 1.21. The largest absolute Gasteiger partial charge is 0.346 e. The molecule has 1 aromatic rings. The van der Waals surface area contributed by atoms with E-state index in [1.54, 1.807) is 0 Å². The Morgan fingerprint density at radius 2 is 2.09 bits per heavy atom. The second-order valence-corrected chi connectivity index (χ2v) is 6.27. The van der Waals surface area contributed by atoms with E-state index in [9.17, 15) is 14.4 Å². The molecule has 1 aromatic heterocycles. The standard InChI is InChI=1S/C14H16N4O3S/c19-12-8-22-14(21)18(12)11-4-2-1-3-9(11)17-13(20)10-7-15-5-6-16-10/h5-7,9,11H,1-4,8H2,(H,17,20). The van der Waals surface area contributed by atoms with Crippen molar-refractivity contribution >= 4 is 28.8 Å². The lowest BCUT2D eigenvalue weighted by molar-refractivity contribution is -0.127. The van der Waals surface area contributed by atoms with Gasteiger partial charge < -0.3 is 5.32 Å². The van der Waals surface area contributed by atoms with E-state index in [-0.39, 0.29) is 40.6 Å². The van der Waals surface area contributed by atoms with Crippen LogP contribution in [-0.2, 0) is 4.79 Å². The Bertz CT molecular complexity index is 579. The van der Waals surface area contributed by atoms with Crippen molar-refractivity contribution in [3.63, 3.8) is 0 Å². The molecule has 2 fully saturated rings. The van der Waals surface area contributed by atoms with Crippen LogP contribution in [0.2, 0.25) is 0 Å². The van der Waals surface area contributed by atoms with Crippen LogP contribution in [0.5, 0.6) is 0 Å². The molecule has 1 aliphatic heterocycles. The first kappa shape index (κ1) is 15.0. The van der Waals surface area contributed by atoms with Gasteiger partial charge in [0, 0.05) is 12.4 Å². The molecule has 7 nitrogen and oxygen atoms in total. The average Bonchev–Trinajstić information content (AvgIpc) is 2.88. The van der Waals surface area contributed by atoms with E-state index < -0.39 is 0 Å². The van der Waals surface area contributed by atoms with Gasteiger partial charge in [-0.3, -0.25) is 24.3 Å². The van der Waals surface area contributed by atoms with E-state index in [0.717, 1.165) is 37.4 Å². The number of nitrogens with zero attached hydrogens (tertiary/aromatic N) is 3. The SMILES string of the molecule is O=C(NC1CCCCC1N1C(=O)CSC1=O)c1cnccn1. The second kappa shape index (κ2) is 6.43. The van der Waals surface area contributed by atoms with Crippen molar-refractivity contribution in [1.29, 1.82) is 0 Å². The number of hydrogen-bond acceptors (Lipinski definition) is 6. The van der Waals surface area contributed by atoms with Gasteiger partial charge in [0.2, 0.25) is 5.91 Å². The first-order valence-corrected chi connectivity index (χ1v) is 8.21. The van der Waals surface area contributed by atoms with Crippen molar-refractivity contribution < 1.29 is 14.4 Å². The first-order valence-electron chi connectivity index (χ1n) is 7.22. The smallest absolute Gasteiger partial charge is 0.289 e. The zero-order valence-electron chi connectivity index (χ0n) is 11.9. The number of rotatable bonds is 3. The molecule has 22 heavy (non-hydrogen) atoms. The molecular formula is C14H16N4O3S. The lowest BCUT2D eigenvalue weighted by Crippen LogP contribution is -2.54. The minimum absolute atomic E-state index is 0.166. The van der Waals surface area contributed by atoms with Gasteiger partial charge in [0.15, 0.2) is 0 Å². The van der Waals surface area contributed by atoms with E-state index in [2.05, 4.69) is 15.3 Å². The summed E-state index contributed by atoms with van der Waals surface area (Å²) < 4.78 is 0. The van der Waals surface area contributed by atoms with E-state index in [1.165, 1.54) is 23.5 Å². The highest BCUT2D eigenvalue weighted by Crippen LogP contribution is 2.30. The van der Waals surface area contributed by atoms with Gasteiger partial charge in [-0.05, 0) is 12.8 Å². The maximum atomic E-state index is 12.2. The van der Waals surface area contributed by atoms with Crippen LogP contribution in [0.25, 0.3) is 0 Å². The van der Waals surface area contributed by atoms with Gasteiger partial charge in [-0.2, -0.15) is 0 Å². The Labute approximate surface area is 131 Å².